The van der Waals surface area contributed by atoms with E-state index in [1.54, 1.807) is 29.4 Å². The fourth-order valence-electron chi connectivity index (χ4n) is 4.31. The lowest BCUT2D eigenvalue weighted by molar-refractivity contribution is -0.117. The van der Waals surface area contributed by atoms with Crippen molar-refractivity contribution in [1.29, 1.82) is 0 Å². The highest BCUT2D eigenvalue weighted by Crippen LogP contribution is 2.40. The number of pyridine rings is 1. The maximum atomic E-state index is 13.1. The van der Waals surface area contributed by atoms with E-state index in [-0.39, 0.29) is 18.2 Å². The molecule has 1 aliphatic carbocycles. The smallest absolute Gasteiger partial charge is 0.247 e. The zero-order valence-corrected chi connectivity index (χ0v) is 19.3. The molecule has 1 saturated carbocycles. The van der Waals surface area contributed by atoms with Crippen LogP contribution in [0.3, 0.4) is 0 Å². The van der Waals surface area contributed by atoms with Crippen LogP contribution in [0.2, 0.25) is 5.02 Å². The van der Waals surface area contributed by atoms with Crippen LogP contribution in [0.15, 0.2) is 36.7 Å². The highest BCUT2D eigenvalue weighted by molar-refractivity contribution is 7.90. The van der Waals surface area contributed by atoms with E-state index in [1.165, 1.54) is 6.26 Å². The number of hydrogen-bond acceptors (Lipinski definition) is 6. The van der Waals surface area contributed by atoms with Gasteiger partial charge in [-0.3, -0.25) is 14.7 Å². The molecule has 0 N–H and O–H groups in total. The molecule has 5 rings (SSSR count). The largest absolute Gasteiger partial charge is 0.357 e. The first-order valence-corrected chi connectivity index (χ1v) is 13.1. The van der Waals surface area contributed by atoms with E-state index < -0.39 is 9.84 Å². The number of hydrogen-bond donors (Lipinski definition) is 0. The number of fused-ring (bicyclic) bond motifs is 2. The molecule has 3 heterocycles. The standard InChI is InChI=1S/C22H24ClN5O3S/c1-32(30,31)10-2-9-26-18-6-3-15(23)11-17(18)25-21(26)13-28-20-12-24-8-7-19(20)27(14-22(28)29)16-4-5-16/h3,6-8,11-12,16H,2,4-5,9-10,13-14H2,1H3. The molecular weight excluding hydrogens is 450 g/mol. The summed E-state index contributed by atoms with van der Waals surface area (Å²) in [5.41, 5.74) is 3.39. The lowest BCUT2D eigenvalue weighted by Crippen LogP contribution is -2.46. The van der Waals surface area contributed by atoms with Crippen molar-refractivity contribution in [2.24, 2.45) is 0 Å². The number of aryl methyl sites for hydroxylation is 1. The molecule has 168 valence electrons. The van der Waals surface area contributed by atoms with Gasteiger partial charge in [-0.25, -0.2) is 13.4 Å². The summed E-state index contributed by atoms with van der Waals surface area (Å²) in [6, 6.07) is 7.85. The molecule has 0 bridgehead atoms. The topological polar surface area (TPSA) is 88.4 Å². The van der Waals surface area contributed by atoms with Gasteiger partial charge in [0.1, 0.15) is 15.7 Å². The minimum absolute atomic E-state index is 0.00479. The number of imidazole rings is 1. The van der Waals surface area contributed by atoms with Gasteiger partial charge in [-0.15, -0.1) is 0 Å². The maximum Gasteiger partial charge on any atom is 0.247 e. The number of amides is 1. The maximum absolute atomic E-state index is 13.1. The van der Waals surface area contributed by atoms with E-state index in [2.05, 4.69) is 9.88 Å². The second kappa shape index (κ2) is 8.04. The molecule has 8 nitrogen and oxygen atoms in total. The second-order valence-electron chi connectivity index (χ2n) is 8.50. The first-order valence-electron chi connectivity index (χ1n) is 10.6. The molecule has 1 aliphatic heterocycles. The minimum atomic E-state index is -3.07. The first kappa shape index (κ1) is 21.2. The van der Waals surface area contributed by atoms with E-state index in [4.69, 9.17) is 16.6 Å². The Bertz CT molecular complexity index is 1300. The van der Waals surface area contributed by atoms with Crippen LogP contribution in [-0.4, -0.2) is 53.5 Å². The number of aromatic nitrogens is 3. The van der Waals surface area contributed by atoms with Gasteiger partial charge >= 0.3 is 0 Å². The van der Waals surface area contributed by atoms with Crippen LogP contribution < -0.4 is 9.80 Å². The molecule has 0 saturated heterocycles. The zero-order chi connectivity index (χ0) is 22.5. The highest BCUT2D eigenvalue weighted by atomic mass is 35.5. The molecule has 10 heteroatoms. The minimum Gasteiger partial charge on any atom is -0.357 e. The van der Waals surface area contributed by atoms with E-state index in [1.807, 2.05) is 16.7 Å². The zero-order valence-electron chi connectivity index (χ0n) is 17.7. The molecular formula is C22H24ClN5O3S. The Hall–Kier alpha value is -2.65. The van der Waals surface area contributed by atoms with Crippen LogP contribution in [0.4, 0.5) is 11.4 Å². The molecule has 32 heavy (non-hydrogen) atoms. The third-order valence-corrected chi connectivity index (χ3v) is 7.22. The molecule has 0 spiro atoms. The molecule has 0 atom stereocenters. The van der Waals surface area contributed by atoms with Crippen molar-refractivity contribution < 1.29 is 13.2 Å². The normalized spacial score (nSPS) is 16.6. The van der Waals surface area contributed by atoms with Gasteiger partial charge in [-0.1, -0.05) is 11.6 Å². The summed E-state index contributed by atoms with van der Waals surface area (Å²) in [6.07, 6.45) is 7.39. The summed E-state index contributed by atoms with van der Waals surface area (Å²) in [7, 11) is -3.07. The predicted molar refractivity (Wildman–Crippen MR) is 125 cm³/mol. The lowest BCUT2D eigenvalue weighted by atomic mass is 10.2. The van der Waals surface area contributed by atoms with Crippen LogP contribution in [0.5, 0.6) is 0 Å². The fourth-order valence-corrected chi connectivity index (χ4v) is 5.13. The van der Waals surface area contributed by atoms with Crippen LogP contribution in [0, 0.1) is 0 Å². The van der Waals surface area contributed by atoms with Gasteiger partial charge < -0.3 is 9.47 Å². The first-order chi connectivity index (χ1) is 15.3. The van der Waals surface area contributed by atoms with Crippen LogP contribution in [-0.2, 0) is 27.7 Å². The molecule has 2 aliphatic rings. The Morgan fingerprint density at radius 3 is 2.75 bits per heavy atom. The highest BCUT2D eigenvalue weighted by Gasteiger charge is 2.38. The summed E-state index contributed by atoms with van der Waals surface area (Å²) in [6.45, 7) is 1.10. The molecule has 3 aromatic rings. The molecule has 0 unspecified atom stereocenters. The number of carbonyl (C=O) groups is 1. The van der Waals surface area contributed by atoms with Crippen molar-refractivity contribution in [2.45, 2.75) is 38.4 Å². The Kier molecular flexibility index (Phi) is 5.33. The van der Waals surface area contributed by atoms with E-state index in [0.29, 0.717) is 36.4 Å². The molecule has 1 aromatic carbocycles. The van der Waals surface area contributed by atoms with E-state index in [0.717, 1.165) is 35.2 Å². The summed E-state index contributed by atoms with van der Waals surface area (Å²) in [5.74, 6) is 0.787. The summed E-state index contributed by atoms with van der Waals surface area (Å²) >= 11 is 6.17. The Morgan fingerprint density at radius 2 is 2.00 bits per heavy atom. The Balaban J connectivity index is 1.50. The van der Waals surface area contributed by atoms with Gasteiger partial charge in [0.2, 0.25) is 5.91 Å². The van der Waals surface area contributed by atoms with Crippen LogP contribution in [0.25, 0.3) is 11.0 Å². The Morgan fingerprint density at radius 1 is 1.19 bits per heavy atom. The average molecular weight is 474 g/mol. The monoisotopic (exact) mass is 473 g/mol. The second-order valence-corrected chi connectivity index (χ2v) is 11.2. The number of anilines is 2. The molecule has 0 radical (unpaired) electrons. The molecule has 1 fully saturated rings. The van der Waals surface area contributed by atoms with Gasteiger partial charge in [0.15, 0.2) is 0 Å². The van der Waals surface area contributed by atoms with Crippen molar-refractivity contribution in [2.75, 3.05) is 28.4 Å². The van der Waals surface area contributed by atoms with Gasteiger partial charge in [0.25, 0.3) is 0 Å². The summed E-state index contributed by atoms with van der Waals surface area (Å²) in [4.78, 5) is 26.1. The average Bonchev–Trinajstić information content (AvgIpc) is 3.52. The molecule has 1 amide bonds. The predicted octanol–water partition coefficient (Wildman–Crippen LogP) is 3.04. The third-order valence-electron chi connectivity index (χ3n) is 5.96. The summed E-state index contributed by atoms with van der Waals surface area (Å²) < 4.78 is 25.3. The van der Waals surface area contributed by atoms with E-state index >= 15 is 0 Å². The number of rotatable bonds is 7. The van der Waals surface area contributed by atoms with Crippen molar-refractivity contribution in [3.05, 3.63) is 47.5 Å². The quantitative estimate of drug-likeness (QED) is 0.524. The van der Waals surface area contributed by atoms with Gasteiger partial charge in [-0.05, 0) is 43.5 Å². The number of halogens is 1. The SMILES string of the molecule is CS(=O)(=O)CCCn1c(CN2C(=O)CN(C3CC3)c3ccncc32)nc2cc(Cl)ccc21. The van der Waals surface area contributed by atoms with Crippen molar-refractivity contribution in [3.8, 4) is 0 Å². The number of sulfone groups is 1. The van der Waals surface area contributed by atoms with Gasteiger partial charge in [-0.2, -0.15) is 0 Å². The van der Waals surface area contributed by atoms with Crippen LogP contribution >= 0.6 is 11.6 Å². The van der Waals surface area contributed by atoms with Gasteiger partial charge in [0.05, 0.1) is 47.4 Å². The lowest BCUT2D eigenvalue weighted by Gasteiger charge is -2.37. The molecule has 2 aromatic heterocycles. The number of carbonyl (C=O) groups excluding carboxylic acids is 1. The van der Waals surface area contributed by atoms with Crippen molar-refractivity contribution in [1.82, 2.24) is 14.5 Å². The summed E-state index contributed by atoms with van der Waals surface area (Å²) in [5, 5.41) is 0.577. The van der Waals surface area contributed by atoms with Crippen molar-refractivity contribution in [3.63, 3.8) is 0 Å². The fraction of sp³-hybridized carbons (Fsp3) is 0.409. The Labute approximate surface area is 191 Å². The van der Waals surface area contributed by atoms with Gasteiger partial charge in [0, 0.05) is 30.1 Å². The van der Waals surface area contributed by atoms with Crippen molar-refractivity contribution >= 4 is 49.8 Å². The van der Waals surface area contributed by atoms with E-state index in [9.17, 15) is 13.2 Å². The third kappa shape index (κ3) is 4.19. The number of benzene rings is 1. The number of nitrogens with zero attached hydrogens (tertiary/aromatic N) is 5. The van der Waals surface area contributed by atoms with Crippen LogP contribution in [0.1, 0.15) is 25.1 Å².